The van der Waals surface area contributed by atoms with Gasteiger partial charge in [0.2, 0.25) is 0 Å². The molecule has 0 aliphatic carbocycles. The maximum absolute atomic E-state index is 12.0. The average molecular weight is 280 g/mol. The maximum Gasteiger partial charge on any atom is 0.270 e. The van der Waals surface area contributed by atoms with Gasteiger partial charge in [-0.1, -0.05) is 0 Å². The van der Waals surface area contributed by atoms with Gasteiger partial charge in [-0.3, -0.25) is 14.8 Å². The molecule has 0 saturated carbocycles. The molecule has 0 bridgehead atoms. The number of nitrogens with zero attached hydrogens (tertiary/aromatic N) is 3. The number of sulfonamides is 1. The van der Waals surface area contributed by atoms with Crippen molar-refractivity contribution in [1.82, 2.24) is 9.78 Å². The number of fused-ring (bicyclic) bond motifs is 3. The fourth-order valence-corrected chi connectivity index (χ4v) is 3.19. The van der Waals surface area contributed by atoms with Crippen LogP contribution in [0.15, 0.2) is 29.2 Å². The third-order valence-corrected chi connectivity index (χ3v) is 4.13. The van der Waals surface area contributed by atoms with Crippen LogP contribution in [-0.4, -0.2) is 23.1 Å². The molecule has 1 N–H and O–H groups in total. The molecule has 0 fully saturated rings. The highest BCUT2D eigenvalue weighted by atomic mass is 32.2. The van der Waals surface area contributed by atoms with Crippen LogP contribution in [0.5, 0.6) is 0 Å². The molecule has 3 rings (SSSR count). The summed E-state index contributed by atoms with van der Waals surface area (Å²) in [6.07, 6.45) is 0. The Kier molecular flexibility index (Phi) is 2.17. The van der Waals surface area contributed by atoms with Crippen LogP contribution in [-0.2, 0) is 10.0 Å². The minimum absolute atomic E-state index is 0.155. The Bertz CT molecular complexity index is 809. The van der Waals surface area contributed by atoms with Crippen LogP contribution in [0.1, 0.15) is 5.69 Å². The molecule has 0 unspecified atom stereocenters. The van der Waals surface area contributed by atoms with E-state index in [1.54, 1.807) is 13.0 Å². The van der Waals surface area contributed by atoms with Crippen molar-refractivity contribution in [1.29, 1.82) is 0 Å². The van der Waals surface area contributed by atoms with Gasteiger partial charge in [-0.2, -0.15) is 5.10 Å². The molecule has 1 aromatic heterocycles. The van der Waals surface area contributed by atoms with E-state index in [0.717, 1.165) is 6.07 Å². The lowest BCUT2D eigenvalue weighted by Crippen LogP contribution is -2.23. The molecule has 19 heavy (non-hydrogen) atoms. The lowest BCUT2D eigenvalue weighted by Gasteiger charge is -2.19. The topological polar surface area (TPSA) is 107 Å². The third-order valence-electron chi connectivity index (χ3n) is 2.74. The Morgan fingerprint density at radius 3 is 2.79 bits per heavy atom. The highest BCUT2D eigenvalue weighted by Crippen LogP contribution is 2.33. The first kappa shape index (κ1) is 11.7. The van der Waals surface area contributed by atoms with Crippen LogP contribution < -0.4 is 4.72 Å². The molecule has 2 aromatic rings. The fraction of sp³-hybridized carbons (Fsp3) is 0.100. The van der Waals surface area contributed by atoms with Crippen LogP contribution in [0.4, 0.5) is 11.5 Å². The Morgan fingerprint density at radius 1 is 1.37 bits per heavy atom. The van der Waals surface area contributed by atoms with Crippen LogP contribution in [0.2, 0.25) is 0 Å². The van der Waals surface area contributed by atoms with Gasteiger partial charge in [0.1, 0.15) is 10.7 Å². The molecule has 1 aliphatic heterocycles. The first-order chi connectivity index (χ1) is 8.88. The van der Waals surface area contributed by atoms with Crippen molar-refractivity contribution >= 4 is 21.5 Å². The molecular formula is C10H8N4O4S. The highest BCUT2D eigenvalue weighted by molar-refractivity contribution is 7.93. The molecule has 1 aliphatic rings. The standard InChI is InChI=1S/C10H8N4O4S/c1-6-4-10-12-19(17,18)9-5-7(14(15)16)2-3-8(9)13(10)11-6/h2-5,12H,1H3. The van der Waals surface area contributed by atoms with Crippen LogP contribution in [0.25, 0.3) is 5.69 Å². The Morgan fingerprint density at radius 2 is 2.11 bits per heavy atom. The van der Waals surface area contributed by atoms with E-state index < -0.39 is 14.9 Å². The van der Waals surface area contributed by atoms with Crippen molar-refractivity contribution in [3.8, 4) is 5.69 Å². The van der Waals surface area contributed by atoms with Gasteiger partial charge in [-0.05, 0) is 13.0 Å². The largest absolute Gasteiger partial charge is 0.270 e. The van der Waals surface area contributed by atoms with Crippen LogP contribution >= 0.6 is 0 Å². The second kappa shape index (κ2) is 3.54. The summed E-state index contributed by atoms with van der Waals surface area (Å²) in [4.78, 5) is 9.92. The van der Waals surface area contributed by atoms with Crippen LogP contribution in [0, 0.1) is 17.0 Å². The number of anilines is 1. The van der Waals surface area contributed by atoms with Crippen molar-refractivity contribution in [3.63, 3.8) is 0 Å². The quantitative estimate of drug-likeness (QED) is 0.624. The Balaban J connectivity index is 2.34. The number of nitro groups is 1. The predicted molar refractivity (Wildman–Crippen MR) is 65.8 cm³/mol. The maximum atomic E-state index is 12.0. The van der Waals surface area contributed by atoms with Gasteiger partial charge in [0.25, 0.3) is 15.7 Å². The molecule has 2 heterocycles. The van der Waals surface area contributed by atoms with Gasteiger partial charge < -0.3 is 0 Å². The van der Waals surface area contributed by atoms with E-state index in [0.29, 0.717) is 17.2 Å². The Labute approximate surface area is 107 Å². The molecule has 98 valence electrons. The SMILES string of the molecule is Cc1cc2n(n1)-c1ccc([N+](=O)[O-])cc1S(=O)(=O)N2. The second-order valence-corrected chi connectivity index (χ2v) is 5.75. The fourth-order valence-electron chi connectivity index (χ4n) is 1.96. The smallest absolute Gasteiger partial charge is 0.263 e. The second-order valence-electron chi connectivity index (χ2n) is 4.10. The lowest BCUT2D eigenvalue weighted by atomic mass is 10.3. The minimum Gasteiger partial charge on any atom is -0.263 e. The van der Waals surface area contributed by atoms with E-state index in [1.807, 2.05) is 0 Å². The van der Waals surface area contributed by atoms with Crippen molar-refractivity contribution in [3.05, 3.63) is 40.1 Å². The first-order valence-electron chi connectivity index (χ1n) is 5.27. The third kappa shape index (κ3) is 1.66. The molecule has 0 amide bonds. The van der Waals surface area contributed by atoms with Gasteiger partial charge in [0.15, 0.2) is 0 Å². The summed E-state index contributed by atoms with van der Waals surface area (Å²) in [5.74, 6) is 0.318. The monoisotopic (exact) mass is 280 g/mol. The van der Waals surface area contributed by atoms with Crippen molar-refractivity contribution in [2.24, 2.45) is 0 Å². The predicted octanol–water partition coefficient (Wildman–Crippen LogP) is 1.20. The summed E-state index contributed by atoms with van der Waals surface area (Å²) in [7, 11) is -3.81. The molecule has 0 saturated heterocycles. The molecular weight excluding hydrogens is 272 g/mol. The number of non-ortho nitro benzene ring substituents is 1. The van der Waals surface area contributed by atoms with Gasteiger partial charge in [0.05, 0.1) is 16.3 Å². The van der Waals surface area contributed by atoms with Gasteiger partial charge in [-0.15, -0.1) is 0 Å². The normalized spacial score (nSPS) is 15.2. The van der Waals surface area contributed by atoms with E-state index >= 15 is 0 Å². The van der Waals surface area contributed by atoms with Crippen molar-refractivity contribution in [2.45, 2.75) is 11.8 Å². The number of hydrogen-bond acceptors (Lipinski definition) is 5. The number of aryl methyl sites for hydroxylation is 1. The van der Waals surface area contributed by atoms with E-state index in [9.17, 15) is 18.5 Å². The van der Waals surface area contributed by atoms with Gasteiger partial charge >= 0.3 is 0 Å². The lowest BCUT2D eigenvalue weighted by molar-refractivity contribution is -0.385. The molecule has 0 atom stereocenters. The summed E-state index contributed by atoms with van der Waals surface area (Å²) in [6, 6.07) is 5.24. The molecule has 9 heteroatoms. The van der Waals surface area contributed by atoms with Gasteiger partial charge in [-0.25, -0.2) is 13.1 Å². The van der Waals surface area contributed by atoms with E-state index in [1.165, 1.54) is 16.8 Å². The number of rotatable bonds is 1. The molecule has 0 radical (unpaired) electrons. The first-order valence-corrected chi connectivity index (χ1v) is 6.75. The van der Waals surface area contributed by atoms with Gasteiger partial charge in [0, 0.05) is 18.2 Å². The van der Waals surface area contributed by atoms with Crippen molar-refractivity contribution in [2.75, 3.05) is 4.72 Å². The number of nitrogens with one attached hydrogen (secondary N) is 1. The number of aromatic nitrogens is 2. The van der Waals surface area contributed by atoms with E-state index in [-0.39, 0.29) is 10.6 Å². The summed E-state index contributed by atoms with van der Waals surface area (Å²) < 4.78 is 27.8. The number of hydrogen-bond donors (Lipinski definition) is 1. The minimum atomic E-state index is -3.81. The number of benzene rings is 1. The highest BCUT2D eigenvalue weighted by Gasteiger charge is 2.30. The zero-order chi connectivity index (χ0) is 13.8. The number of nitro benzene ring substituents is 1. The molecule has 1 aromatic carbocycles. The zero-order valence-electron chi connectivity index (χ0n) is 9.69. The molecule has 8 nitrogen and oxygen atoms in total. The Hall–Kier alpha value is -2.42. The van der Waals surface area contributed by atoms with E-state index in [4.69, 9.17) is 0 Å². The summed E-state index contributed by atoms with van der Waals surface area (Å²) in [6.45, 7) is 1.73. The summed E-state index contributed by atoms with van der Waals surface area (Å²) in [5.41, 5.74) is 0.660. The van der Waals surface area contributed by atoms with E-state index in [2.05, 4.69) is 9.82 Å². The summed E-state index contributed by atoms with van der Waals surface area (Å²) >= 11 is 0. The van der Waals surface area contributed by atoms with Crippen molar-refractivity contribution < 1.29 is 13.3 Å². The average Bonchev–Trinajstić information content (AvgIpc) is 2.68. The summed E-state index contributed by atoms with van der Waals surface area (Å²) in [5, 5.41) is 14.9. The molecule has 0 spiro atoms. The van der Waals surface area contributed by atoms with Crippen LogP contribution in [0.3, 0.4) is 0 Å². The zero-order valence-corrected chi connectivity index (χ0v) is 10.5.